The highest BCUT2D eigenvalue weighted by Crippen LogP contribution is 2.21. The van der Waals surface area contributed by atoms with Gasteiger partial charge in [-0.05, 0) is 49.4 Å². The van der Waals surface area contributed by atoms with Crippen LogP contribution >= 0.6 is 0 Å². The van der Waals surface area contributed by atoms with Crippen LogP contribution in [0.15, 0.2) is 65.5 Å². The Hall–Kier alpha value is -3.61. The van der Waals surface area contributed by atoms with Crippen LogP contribution in [0.25, 0.3) is 11.3 Å². The van der Waals surface area contributed by atoms with E-state index in [2.05, 4.69) is 10.4 Å². The van der Waals surface area contributed by atoms with Crippen LogP contribution in [0.5, 0.6) is 11.5 Å². The van der Waals surface area contributed by atoms with E-state index in [9.17, 15) is 9.59 Å². The zero-order chi connectivity index (χ0) is 20.1. The van der Waals surface area contributed by atoms with Gasteiger partial charge in [0.15, 0.2) is 0 Å². The van der Waals surface area contributed by atoms with E-state index >= 15 is 0 Å². The molecule has 3 aromatic rings. The van der Waals surface area contributed by atoms with Gasteiger partial charge < -0.3 is 14.8 Å². The van der Waals surface area contributed by atoms with Gasteiger partial charge >= 0.3 is 0 Å². The van der Waals surface area contributed by atoms with E-state index in [0.29, 0.717) is 17.1 Å². The zero-order valence-corrected chi connectivity index (χ0v) is 15.9. The lowest BCUT2D eigenvalue weighted by atomic mass is 10.1. The standard InChI is InChI=1S/C21H21N3O4/c1-14(21(26)22-16-5-4-6-18(13-16)28-3)24-20(25)12-11-19(23-24)15-7-9-17(27-2)10-8-15/h4-14H,1-3H3,(H,22,26). The third-order valence-corrected chi connectivity index (χ3v) is 4.29. The summed E-state index contributed by atoms with van der Waals surface area (Å²) in [6.07, 6.45) is 0. The number of rotatable bonds is 6. The van der Waals surface area contributed by atoms with Crippen molar-refractivity contribution in [2.45, 2.75) is 13.0 Å². The Morgan fingerprint density at radius 3 is 2.39 bits per heavy atom. The molecular formula is C21H21N3O4. The summed E-state index contributed by atoms with van der Waals surface area (Å²) < 4.78 is 11.5. The number of nitrogens with one attached hydrogen (secondary N) is 1. The van der Waals surface area contributed by atoms with Crippen LogP contribution in [0.2, 0.25) is 0 Å². The molecular weight excluding hydrogens is 358 g/mol. The lowest BCUT2D eigenvalue weighted by Gasteiger charge is -2.15. The van der Waals surface area contributed by atoms with Crippen molar-refractivity contribution in [3.63, 3.8) is 0 Å². The Bertz CT molecular complexity index is 1030. The van der Waals surface area contributed by atoms with Gasteiger partial charge in [-0.1, -0.05) is 6.07 Å². The maximum absolute atomic E-state index is 12.6. The van der Waals surface area contributed by atoms with Gasteiger partial charge in [-0.25, -0.2) is 4.68 Å². The molecule has 1 amide bonds. The minimum Gasteiger partial charge on any atom is -0.497 e. The molecule has 0 fully saturated rings. The van der Waals surface area contributed by atoms with Crippen molar-refractivity contribution < 1.29 is 14.3 Å². The summed E-state index contributed by atoms with van der Waals surface area (Å²) in [5.74, 6) is 1.00. The molecule has 7 heteroatoms. The molecule has 0 saturated carbocycles. The first kappa shape index (κ1) is 19.2. The predicted molar refractivity (Wildman–Crippen MR) is 107 cm³/mol. The average molecular weight is 379 g/mol. The molecule has 144 valence electrons. The molecule has 1 N–H and O–H groups in total. The number of methoxy groups -OCH3 is 2. The summed E-state index contributed by atoms with van der Waals surface area (Å²) in [6, 6.07) is 16.6. The average Bonchev–Trinajstić information content (AvgIpc) is 2.73. The van der Waals surface area contributed by atoms with Crippen molar-refractivity contribution in [3.05, 3.63) is 71.0 Å². The quantitative estimate of drug-likeness (QED) is 0.712. The minimum absolute atomic E-state index is 0.352. The van der Waals surface area contributed by atoms with Crippen molar-refractivity contribution in [2.75, 3.05) is 19.5 Å². The largest absolute Gasteiger partial charge is 0.497 e. The first-order valence-electron chi connectivity index (χ1n) is 8.71. The van der Waals surface area contributed by atoms with Gasteiger partial charge in [-0.3, -0.25) is 9.59 Å². The number of anilines is 1. The van der Waals surface area contributed by atoms with E-state index in [1.807, 2.05) is 24.3 Å². The van der Waals surface area contributed by atoms with Crippen LogP contribution in [-0.4, -0.2) is 29.9 Å². The van der Waals surface area contributed by atoms with Crippen LogP contribution in [0, 0.1) is 0 Å². The molecule has 0 aliphatic rings. The molecule has 0 spiro atoms. The molecule has 7 nitrogen and oxygen atoms in total. The maximum Gasteiger partial charge on any atom is 0.267 e. The SMILES string of the molecule is COc1ccc(-c2ccc(=O)n(C(C)C(=O)Nc3cccc(OC)c3)n2)cc1. The summed E-state index contributed by atoms with van der Waals surface area (Å²) in [4.78, 5) is 24.9. The summed E-state index contributed by atoms with van der Waals surface area (Å²) in [7, 11) is 3.15. The summed E-state index contributed by atoms with van der Waals surface area (Å²) >= 11 is 0. The highest BCUT2D eigenvalue weighted by molar-refractivity contribution is 5.93. The second kappa shape index (κ2) is 8.39. The van der Waals surface area contributed by atoms with Gasteiger partial charge in [-0.2, -0.15) is 5.10 Å². The second-order valence-corrected chi connectivity index (χ2v) is 6.13. The van der Waals surface area contributed by atoms with Crippen LogP contribution in [-0.2, 0) is 4.79 Å². The van der Waals surface area contributed by atoms with Crippen molar-refractivity contribution in [1.29, 1.82) is 0 Å². The number of ether oxygens (including phenoxy) is 2. The molecule has 2 aromatic carbocycles. The zero-order valence-electron chi connectivity index (χ0n) is 15.9. The molecule has 28 heavy (non-hydrogen) atoms. The maximum atomic E-state index is 12.6. The number of hydrogen-bond acceptors (Lipinski definition) is 5. The fourth-order valence-electron chi connectivity index (χ4n) is 2.68. The fourth-order valence-corrected chi connectivity index (χ4v) is 2.68. The fraction of sp³-hybridized carbons (Fsp3) is 0.190. The van der Waals surface area contributed by atoms with E-state index in [1.165, 1.54) is 10.7 Å². The van der Waals surface area contributed by atoms with Crippen LogP contribution < -0.4 is 20.3 Å². The third-order valence-electron chi connectivity index (χ3n) is 4.29. The number of carbonyl (C=O) groups is 1. The van der Waals surface area contributed by atoms with Crippen molar-refractivity contribution in [3.8, 4) is 22.8 Å². The second-order valence-electron chi connectivity index (χ2n) is 6.13. The van der Waals surface area contributed by atoms with Gasteiger partial charge in [0.05, 0.1) is 19.9 Å². The number of nitrogens with zero attached hydrogens (tertiary/aromatic N) is 2. The monoisotopic (exact) mass is 379 g/mol. The van der Waals surface area contributed by atoms with E-state index < -0.39 is 6.04 Å². The van der Waals surface area contributed by atoms with E-state index in [4.69, 9.17) is 9.47 Å². The first-order chi connectivity index (χ1) is 13.5. The predicted octanol–water partition coefficient (Wildman–Crippen LogP) is 3.13. The van der Waals surface area contributed by atoms with E-state index in [1.54, 1.807) is 51.5 Å². The Morgan fingerprint density at radius 1 is 1.00 bits per heavy atom. The van der Waals surface area contributed by atoms with Crippen molar-refractivity contribution in [1.82, 2.24) is 9.78 Å². The normalized spacial score (nSPS) is 11.5. The molecule has 1 aromatic heterocycles. The van der Waals surface area contributed by atoms with Crippen LogP contribution in [0.3, 0.4) is 0 Å². The molecule has 1 unspecified atom stereocenters. The van der Waals surface area contributed by atoms with Gasteiger partial charge in [0.2, 0.25) is 5.91 Å². The lowest BCUT2D eigenvalue weighted by Crippen LogP contribution is -2.33. The Labute approximate surface area is 162 Å². The minimum atomic E-state index is -0.795. The number of carbonyl (C=O) groups excluding carboxylic acids is 1. The molecule has 3 rings (SSSR count). The molecule has 0 radical (unpaired) electrons. The Morgan fingerprint density at radius 2 is 1.71 bits per heavy atom. The summed E-state index contributed by atoms with van der Waals surface area (Å²) in [5.41, 5.74) is 1.62. The van der Waals surface area contributed by atoms with Gasteiger partial charge in [0.25, 0.3) is 5.56 Å². The Balaban J connectivity index is 1.84. The van der Waals surface area contributed by atoms with Gasteiger partial charge in [-0.15, -0.1) is 0 Å². The van der Waals surface area contributed by atoms with Gasteiger partial charge in [0, 0.05) is 23.4 Å². The molecule has 0 saturated heterocycles. The molecule has 1 heterocycles. The highest BCUT2D eigenvalue weighted by Gasteiger charge is 2.18. The number of amides is 1. The van der Waals surface area contributed by atoms with Crippen molar-refractivity contribution in [2.24, 2.45) is 0 Å². The van der Waals surface area contributed by atoms with E-state index in [0.717, 1.165) is 11.3 Å². The third kappa shape index (κ3) is 4.20. The van der Waals surface area contributed by atoms with Gasteiger partial charge in [0.1, 0.15) is 17.5 Å². The van der Waals surface area contributed by atoms with Crippen LogP contribution in [0.1, 0.15) is 13.0 Å². The summed E-state index contributed by atoms with van der Waals surface area (Å²) in [5, 5.41) is 7.15. The summed E-state index contributed by atoms with van der Waals surface area (Å²) in [6.45, 7) is 1.63. The number of benzene rings is 2. The highest BCUT2D eigenvalue weighted by atomic mass is 16.5. The van der Waals surface area contributed by atoms with E-state index in [-0.39, 0.29) is 11.5 Å². The smallest absolute Gasteiger partial charge is 0.267 e. The molecule has 0 aliphatic heterocycles. The number of hydrogen-bond donors (Lipinski definition) is 1. The van der Waals surface area contributed by atoms with Crippen LogP contribution in [0.4, 0.5) is 5.69 Å². The molecule has 0 bridgehead atoms. The number of aromatic nitrogens is 2. The topological polar surface area (TPSA) is 82.5 Å². The first-order valence-corrected chi connectivity index (χ1v) is 8.71. The lowest BCUT2D eigenvalue weighted by molar-refractivity contribution is -0.119. The van der Waals surface area contributed by atoms with Crippen molar-refractivity contribution >= 4 is 11.6 Å². The molecule has 1 atom stereocenters. The Kier molecular flexibility index (Phi) is 5.74. The molecule has 0 aliphatic carbocycles.